The van der Waals surface area contributed by atoms with E-state index in [1.807, 2.05) is 91.0 Å². The van der Waals surface area contributed by atoms with Crippen molar-refractivity contribution in [2.75, 3.05) is 6.54 Å². The van der Waals surface area contributed by atoms with Crippen molar-refractivity contribution in [1.29, 1.82) is 0 Å². The van der Waals surface area contributed by atoms with Gasteiger partial charge in [-0.15, -0.1) is 0 Å². The molecule has 2 amide bonds. The lowest BCUT2D eigenvalue weighted by molar-refractivity contribution is -0.153. The van der Waals surface area contributed by atoms with Crippen LogP contribution in [0.15, 0.2) is 91.0 Å². The zero-order valence-corrected chi connectivity index (χ0v) is 22.1. The van der Waals surface area contributed by atoms with E-state index in [9.17, 15) is 14.4 Å². The predicted molar refractivity (Wildman–Crippen MR) is 149 cm³/mol. The highest BCUT2D eigenvalue weighted by atomic mass is 16.6. The second kappa shape index (κ2) is 14.7. The highest BCUT2D eigenvalue weighted by Gasteiger charge is 2.30. The molecule has 1 unspecified atom stereocenters. The van der Waals surface area contributed by atoms with E-state index < -0.39 is 24.0 Å². The first-order chi connectivity index (χ1) is 19.1. The molecule has 2 atom stereocenters. The third-order valence-corrected chi connectivity index (χ3v) is 6.87. The third-order valence-electron chi connectivity index (χ3n) is 6.87. The maximum Gasteiger partial charge on any atom is 0.407 e. The summed E-state index contributed by atoms with van der Waals surface area (Å²) in [6.45, 7) is 0.193. The van der Waals surface area contributed by atoms with Crippen LogP contribution in [0.4, 0.5) is 4.79 Å². The van der Waals surface area contributed by atoms with Crippen LogP contribution in [0.2, 0.25) is 0 Å². The number of ether oxygens (including phenoxy) is 2. The lowest BCUT2D eigenvalue weighted by atomic mass is 9.97. The number of benzene rings is 3. The van der Waals surface area contributed by atoms with Crippen molar-refractivity contribution in [3.8, 4) is 0 Å². The molecule has 0 radical (unpaired) electrons. The third kappa shape index (κ3) is 9.28. The van der Waals surface area contributed by atoms with E-state index in [1.165, 1.54) is 0 Å². The van der Waals surface area contributed by atoms with Gasteiger partial charge in [0.2, 0.25) is 5.91 Å². The molecule has 7 nitrogen and oxygen atoms in total. The van der Waals surface area contributed by atoms with Gasteiger partial charge in [0.1, 0.15) is 18.8 Å². The predicted octanol–water partition coefficient (Wildman–Crippen LogP) is 4.99. The van der Waals surface area contributed by atoms with E-state index in [-0.39, 0.29) is 25.2 Å². The number of carbonyl (C=O) groups is 3. The van der Waals surface area contributed by atoms with E-state index in [2.05, 4.69) is 10.6 Å². The van der Waals surface area contributed by atoms with E-state index in [4.69, 9.17) is 9.47 Å². The van der Waals surface area contributed by atoms with Crippen molar-refractivity contribution in [3.05, 3.63) is 108 Å². The monoisotopic (exact) mass is 528 g/mol. The van der Waals surface area contributed by atoms with Crippen molar-refractivity contribution in [2.24, 2.45) is 5.92 Å². The van der Waals surface area contributed by atoms with Gasteiger partial charge in [0.15, 0.2) is 0 Å². The van der Waals surface area contributed by atoms with Crippen molar-refractivity contribution in [3.63, 3.8) is 0 Å². The van der Waals surface area contributed by atoms with Gasteiger partial charge < -0.3 is 20.1 Å². The topological polar surface area (TPSA) is 93.7 Å². The smallest absolute Gasteiger partial charge is 0.407 e. The lowest BCUT2D eigenvalue weighted by Crippen LogP contribution is -2.49. The van der Waals surface area contributed by atoms with Crippen molar-refractivity contribution in [2.45, 2.75) is 57.3 Å². The molecule has 2 N–H and O–H groups in total. The number of hydrogen-bond acceptors (Lipinski definition) is 5. The van der Waals surface area contributed by atoms with Crippen LogP contribution in [-0.2, 0) is 38.5 Å². The van der Waals surface area contributed by atoms with Crippen molar-refractivity contribution < 1.29 is 23.9 Å². The molecule has 1 aliphatic rings. The zero-order valence-electron chi connectivity index (χ0n) is 22.1. The molecular formula is C32H36N2O5. The Morgan fingerprint density at radius 2 is 1.28 bits per heavy atom. The molecule has 0 aromatic heterocycles. The Bertz CT molecular complexity index is 1180. The van der Waals surface area contributed by atoms with Gasteiger partial charge in [0.25, 0.3) is 0 Å². The molecule has 0 saturated heterocycles. The molecule has 0 aliphatic heterocycles. The molecule has 0 heterocycles. The first-order valence-electron chi connectivity index (χ1n) is 13.6. The van der Waals surface area contributed by atoms with E-state index in [0.29, 0.717) is 12.8 Å². The SMILES string of the molecule is O=C(NCC(Cc1ccccc1)C(=O)N[C@@H](Cc1ccccc1)C(=O)OC1CCCC1)OCc1ccccc1. The Morgan fingerprint density at radius 3 is 1.87 bits per heavy atom. The molecule has 1 aliphatic carbocycles. The average molecular weight is 529 g/mol. The average Bonchev–Trinajstić information content (AvgIpc) is 3.48. The molecule has 7 heteroatoms. The van der Waals surface area contributed by atoms with Crippen LogP contribution >= 0.6 is 0 Å². The maximum absolute atomic E-state index is 13.6. The highest BCUT2D eigenvalue weighted by Crippen LogP contribution is 2.22. The number of rotatable bonds is 12. The van der Waals surface area contributed by atoms with Crippen molar-refractivity contribution in [1.82, 2.24) is 10.6 Å². The van der Waals surface area contributed by atoms with Gasteiger partial charge in [-0.2, -0.15) is 0 Å². The van der Waals surface area contributed by atoms with Crippen LogP contribution < -0.4 is 10.6 Å². The number of carbonyl (C=O) groups excluding carboxylic acids is 3. The fourth-order valence-electron chi connectivity index (χ4n) is 4.72. The quantitative estimate of drug-likeness (QED) is 0.323. The summed E-state index contributed by atoms with van der Waals surface area (Å²) >= 11 is 0. The summed E-state index contributed by atoms with van der Waals surface area (Å²) in [6, 6.07) is 27.7. The Hall–Kier alpha value is -4.13. The summed E-state index contributed by atoms with van der Waals surface area (Å²) < 4.78 is 11.1. The first kappa shape index (κ1) is 27.9. The fourth-order valence-corrected chi connectivity index (χ4v) is 4.72. The lowest BCUT2D eigenvalue weighted by Gasteiger charge is -2.24. The zero-order chi connectivity index (χ0) is 27.3. The molecule has 0 bridgehead atoms. The molecule has 204 valence electrons. The van der Waals surface area contributed by atoms with Crippen LogP contribution in [-0.4, -0.2) is 36.7 Å². The molecule has 0 spiro atoms. The number of hydrogen-bond donors (Lipinski definition) is 2. The largest absolute Gasteiger partial charge is 0.461 e. The molecule has 3 aromatic carbocycles. The second-order valence-corrected chi connectivity index (χ2v) is 9.92. The van der Waals surface area contributed by atoms with Gasteiger partial charge in [0, 0.05) is 13.0 Å². The summed E-state index contributed by atoms with van der Waals surface area (Å²) in [7, 11) is 0. The molecule has 4 rings (SSSR count). The van der Waals surface area contributed by atoms with E-state index in [1.54, 1.807) is 0 Å². The summed E-state index contributed by atoms with van der Waals surface area (Å²) in [6.07, 6.45) is 3.79. The number of nitrogens with one attached hydrogen (secondary N) is 2. The normalized spacial score (nSPS) is 14.7. The van der Waals surface area contributed by atoms with Crippen LogP contribution in [0.3, 0.4) is 0 Å². The van der Waals surface area contributed by atoms with E-state index >= 15 is 0 Å². The summed E-state index contributed by atoms with van der Waals surface area (Å²) in [5, 5.41) is 5.66. The summed E-state index contributed by atoms with van der Waals surface area (Å²) in [4.78, 5) is 39.2. The van der Waals surface area contributed by atoms with Gasteiger partial charge in [0.05, 0.1) is 5.92 Å². The second-order valence-electron chi connectivity index (χ2n) is 9.92. The standard InChI is InChI=1S/C32H36N2O5/c35-30(34-29(21-25-14-6-2-7-15-25)31(36)39-28-18-10-11-19-28)27(20-24-12-4-1-5-13-24)22-33-32(37)38-23-26-16-8-3-9-17-26/h1-9,12-17,27-29H,10-11,18-23H2,(H,33,37)(H,34,35)/t27?,29-/m0/s1. The summed E-state index contributed by atoms with van der Waals surface area (Å²) in [5.74, 6) is -1.37. The van der Waals surface area contributed by atoms with Gasteiger partial charge in [-0.25, -0.2) is 9.59 Å². The summed E-state index contributed by atoms with van der Waals surface area (Å²) in [5.41, 5.74) is 2.74. The molecule has 1 saturated carbocycles. The van der Waals surface area contributed by atoms with Crippen LogP contribution in [0.25, 0.3) is 0 Å². The number of esters is 1. The number of alkyl carbamates (subject to hydrolysis) is 1. The Labute approximate surface area is 229 Å². The van der Waals surface area contributed by atoms with E-state index in [0.717, 1.165) is 42.4 Å². The minimum atomic E-state index is -0.830. The van der Waals surface area contributed by atoms with Crippen LogP contribution in [0.5, 0.6) is 0 Å². The molecule has 39 heavy (non-hydrogen) atoms. The molecule has 1 fully saturated rings. The molecule has 3 aromatic rings. The van der Waals surface area contributed by atoms with Crippen molar-refractivity contribution >= 4 is 18.0 Å². The van der Waals surface area contributed by atoms with Crippen LogP contribution in [0.1, 0.15) is 42.4 Å². The van der Waals surface area contributed by atoms with Crippen LogP contribution in [0, 0.1) is 5.92 Å². The highest BCUT2D eigenvalue weighted by molar-refractivity contribution is 5.86. The number of amides is 2. The maximum atomic E-state index is 13.6. The Morgan fingerprint density at radius 1 is 0.744 bits per heavy atom. The minimum Gasteiger partial charge on any atom is -0.461 e. The molecular weight excluding hydrogens is 492 g/mol. The van der Waals surface area contributed by atoms with Gasteiger partial charge in [-0.05, 0) is 48.8 Å². The fraction of sp³-hybridized carbons (Fsp3) is 0.344. The van der Waals surface area contributed by atoms with Gasteiger partial charge in [-0.3, -0.25) is 4.79 Å². The Kier molecular flexibility index (Phi) is 10.5. The first-order valence-corrected chi connectivity index (χ1v) is 13.6. The van der Waals surface area contributed by atoms with Gasteiger partial charge in [-0.1, -0.05) is 91.0 Å². The Balaban J connectivity index is 1.42. The minimum absolute atomic E-state index is 0.0596. The van der Waals surface area contributed by atoms with Gasteiger partial charge >= 0.3 is 12.1 Å².